The number of aromatic carboxylic acids is 1. The molecule has 0 amide bonds. The molecular formula is C13H16O3. The predicted molar refractivity (Wildman–Crippen MR) is 61.1 cm³/mol. The number of carboxylic acid groups (broad SMARTS) is 1. The molecule has 1 unspecified atom stereocenters. The minimum absolute atomic E-state index is 0.295. The van der Waals surface area contributed by atoms with Crippen LogP contribution in [0.25, 0.3) is 0 Å². The van der Waals surface area contributed by atoms with Crippen molar-refractivity contribution < 1.29 is 14.6 Å². The molecule has 1 aliphatic heterocycles. The summed E-state index contributed by atoms with van der Waals surface area (Å²) in [6.45, 7) is 5.05. The van der Waals surface area contributed by atoms with Crippen molar-refractivity contribution in [2.45, 2.75) is 26.2 Å². The van der Waals surface area contributed by atoms with Crippen LogP contribution in [0.3, 0.4) is 0 Å². The molecule has 0 fully saturated rings. The second-order valence-corrected chi connectivity index (χ2v) is 4.55. The van der Waals surface area contributed by atoms with Gasteiger partial charge < -0.3 is 9.84 Å². The molecular weight excluding hydrogens is 204 g/mol. The van der Waals surface area contributed by atoms with Gasteiger partial charge in [-0.3, -0.25) is 0 Å². The smallest absolute Gasteiger partial charge is 0.335 e. The molecule has 1 aromatic rings. The first kappa shape index (κ1) is 11.0. The van der Waals surface area contributed by atoms with Gasteiger partial charge in [0.15, 0.2) is 0 Å². The summed E-state index contributed by atoms with van der Waals surface area (Å²) in [5.74, 6) is 0.868. The molecule has 16 heavy (non-hydrogen) atoms. The standard InChI is InChI=1S/C13H16O3/c1-8(2)10-5-6-16-12-7-9(13(14)15)3-4-11(10)12/h3-4,7-8,10H,5-6H2,1-2H3,(H,14,15). The highest BCUT2D eigenvalue weighted by atomic mass is 16.5. The van der Waals surface area contributed by atoms with Gasteiger partial charge in [0.1, 0.15) is 5.75 Å². The summed E-state index contributed by atoms with van der Waals surface area (Å²) >= 11 is 0. The predicted octanol–water partition coefficient (Wildman–Crippen LogP) is 2.91. The molecule has 3 nitrogen and oxygen atoms in total. The largest absolute Gasteiger partial charge is 0.493 e. The molecule has 0 aliphatic carbocycles. The van der Waals surface area contributed by atoms with E-state index in [1.54, 1.807) is 12.1 Å². The van der Waals surface area contributed by atoms with Crippen LogP contribution >= 0.6 is 0 Å². The third-order valence-corrected chi connectivity index (χ3v) is 3.15. The molecule has 0 aromatic heterocycles. The van der Waals surface area contributed by atoms with E-state index in [0.29, 0.717) is 24.0 Å². The number of benzene rings is 1. The van der Waals surface area contributed by atoms with Crippen LogP contribution in [0.1, 0.15) is 42.1 Å². The van der Waals surface area contributed by atoms with E-state index in [1.165, 1.54) is 0 Å². The number of rotatable bonds is 2. The van der Waals surface area contributed by atoms with Gasteiger partial charge in [-0.15, -0.1) is 0 Å². The second-order valence-electron chi connectivity index (χ2n) is 4.55. The molecule has 0 bridgehead atoms. The number of fused-ring (bicyclic) bond motifs is 1. The average molecular weight is 220 g/mol. The van der Waals surface area contributed by atoms with Crippen LogP contribution in [0, 0.1) is 5.92 Å². The summed E-state index contributed by atoms with van der Waals surface area (Å²) in [5, 5.41) is 8.91. The van der Waals surface area contributed by atoms with E-state index in [2.05, 4.69) is 13.8 Å². The average Bonchev–Trinajstić information content (AvgIpc) is 2.27. The van der Waals surface area contributed by atoms with Crippen LogP contribution < -0.4 is 4.74 Å². The minimum Gasteiger partial charge on any atom is -0.493 e. The second kappa shape index (κ2) is 4.16. The fourth-order valence-corrected chi connectivity index (χ4v) is 2.24. The van der Waals surface area contributed by atoms with E-state index < -0.39 is 5.97 Å². The first-order valence-electron chi connectivity index (χ1n) is 5.59. The van der Waals surface area contributed by atoms with Crippen molar-refractivity contribution in [3.8, 4) is 5.75 Å². The lowest BCUT2D eigenvalue weighted by Crippen LogP contribution is -2.18. The first-order chi connectivity index (χ1) is 7.59. The zero-order valence-electron chi connectivity index (χ0n) is 9.56. The van der Waals surface area contributed by atoms with Crippen LogP contribution in [-0.4, -0.2) is 17.7 Å². The minimum atomic E-state index is -0.905. The van der Waals surface area contributed by atoms with Crippen molar-refractivity contribution in [3.63, 3.8) is 0 Å². The molecule has 1 aromatic carbocycles. The Kier molecular flexibility index (Phi) is 2.86. The fraction of sp³-hybridized carbons (Fsp3) is 0.462. The zero-order chi connectivity index (χ0) is 11.7. The van der Waals surface area contributed by atoms with Crippen LogP contribution in [0.2, 0.25) is 0 Å². The Hall–Kier alpha value is -1.51. The molecule has 2 rings (SSSR count). The summed E-state index contributed by atoms with van der Waals surface area (Å²) in [6.07, 6.45) is 1.01. The topological polar surface area (TPSA) is 46.5 Å². The van der Waals surface area contributed by atoms with E-state index in [1.807, 2.05) is 6.07 Å². The highest BCUT2D eigenvalue weighted by molar-refractivity contribution is 5.88. The van der Waals surface area contributed by atoms with E-state index in [0.717, 1.165) is 17.7 Å². The number of hydrogen-bond donors (Lipinski definition) is 1. The molecule has 1 atom stereocenters. The van der Waals surface area contributed by atoms with Crippen molar-refractivity contribution in [1.82, 2.24) is 0 Å². The molecule has 3 heteroatoms. The monoisotopic (exact) mass is 220 g/mol. The molecule has 0 spiro atoms. The third kappa shape index (κ3) is 1.90. The van der Waals surface area contributed by atoms with Gasteiger partial charge in [-0.05, 0) is 36.0 Å². The van der Waals surface area contributed by atoms with Gasteiger partial charge in [-0.2, -0.15) is 0 Å². The Balaban J connectivity index is 2.40. The molecule has 0 saturated heterocycles. The number of ether oxygens (including phenoxy) is 1. The number of hydrogen-bond acceptors (Lipinski definition) is 2. The Morgan fingerprint density at radius 2 is 2.25 bits per heavy atom. The van der Waals surface area contributed by atoms with E-state index >= 15 is 0 Å². The van der Waals surface area contributed by atoms with Gasteiger partial charge in [0.2, 0.25) is 0 Å². The van der Waals surface area contributed by atoms with Gasteiger partial charge in [0.05, 0.1) is 12.2 Å². The van der Waals surface area contributed by atoms with Crippen molar-refractivity contribution in [1.29, 1.82) is 0 Å². The van der Waals surface area contributed by atoms with Gasteiger partial charge in [-0.1, -0.05) is 19.9 Å². The third-order valence-electron chi connectivity index (χ3n) is 3.15. The lowest BCUT2D eigenvalue weighted by atomic mass is 9.84. The molecule has 1 aliphatic rings. The maximum absolute atomic E-state index is 10.8. The molecule has 0 radical (unpaired) electrons. The maximum Gasteiger partial charge on any atom is 0.335 e. The summed E-state index contributed by atoms with van der Waals surface area (Å²) in [7, 11) is 0. The SMILES string of the molecule is CC(C)C1CCOc2cc(C(=O)O)ccc21. The zero-order valence-corrected chi connectivity index (χ0v) is 9.56. The Morgan fingerprint density at radius 3 is 2.88 bits per heavy atom. The van der Waals surface area contributed by atoms with E-state index in [-0.39, 0.29) is 0 Å². The van der Waals surface area contributed by atoms with Gasteiger partial charge in [0.25, 0.3) is 0 Å². The Morgan fingerprint density at radius 1 is 1.50 bits per heavy atom. The molecule has 1 N–H and O–H groups in total. The van der Waals surface area contributed by atoms with Gasteiger partial charge in [-0.25, -0.2) is 4.79 Å². The van der Waals surface area contributed by atoms with Crippen molar-refractivity contribution in [3.05, 3.63) is 29.3 Å². The molecule has 0 saturated carbocycles. The maximum atomic E-state index is 10.8. The molecule has 86 valence electrons. The number of carbonyl (C=O) groups is 1. The van der Waals surface area contributed by atoms with Crippen LogP contribution in [0.4, 0.5) is 0 Å². The van der Waals surface area contributed by atoms with Crippen molar-refractivity contribution in [2.75, 3.05) is 6.61 Å². The lowest BCUT2D eigenvalue weighted by molar-refractivity contribution is 0.0696. The number of carboxylic acids is 1. The van der Waals surface area contributed by atoms with Crippen molar-refractivity contribution >= 4 is 5.97 Å². The van der Waals surface area contributed by atoms with E-state index in [4.69, 9.17) is 9.84 Å². The Labute approximate surface area is 95.0 Å². The van der Waals surface area contributed by atoms with Crippen LogP contribution in [0.5, 0.6) is 5.75 Å². The quantitative estimate of drug-likeness (QED) is 0.833. The lowest BCUT2D eigenvalue weighted by Gasteiger charge is -2.28. The van der Waals surface area contributed by atoms with Gasteiger partial charge >= 0.3 is 5.97 Å². The van der Waals surface area contributed by atoms with Crippen LogP contribution in [-0.2, 0) is 0 Å². The fourth-order valence-electron chi connectivity index (χ4n) is 2.24. The molecule has 1 heterocycles. The van der Waals surface area contributed by atoms with Crippen molar-refractivity contribution in [2.24, 2.45) is 5.92 Å². The normalized spacial score (nSPS) is 19.1. The highest BCUT2D eigenvalue weighted by Crippen LogP contribution is 2.38. The summed E-state index contributed by atoms with van der Waals surface area (Å²) in [4.78, 5) is 10.8. The first-order valence-corrected chi connectivity index (χ1v) is 5.59. The summed E-state index contributed by atoms with van der Waals surface area (Å²) in [6, 6.07) is 5.18. The highest BCUT2D eigenvalue weighted by Gasteiger charge is 2.24. The summed E-state index contributed by atoms with van der Waals surface area (Å²) < 4.78 is 5.53. The summed E-state index contributed by atoms with van der Waals surface area (Å²) in [5.41, 5.74) is 1.44. The van der Waals surface area contributed by atoms with Gasteiger partial charge in [0, 0.05) is 0 Å². The van der Waals surface area contributed by atoms with E-state index in [9.17, 15) is 4.79 Å². The Bertz CT molecular complexity index is 410. The van der Waals surface area contributed by atoms with Crippen LogP contribution in [0.15, 0.2) is 18.2 Å².